The highest BCUT2D eigenvalue weighted by atomic mass is 79.9. The predicted molar refractivity (Wildman–Crippen MR) is 77.8 cm³/mol. The summed E-state index contributed by atoms with van der Waals surface area (Å²) in [6, 6.07) is 6.13. The minimum Gasteiger partial charge on any atom is -0.508 e. The molecule has 1 aromatic carbocycles. The van der Waals surface area contributed by atoms with Crippen LogP contribution in [0.4, 0.5) is 0 Å². The van der Waals surface area contributed by atoms with E-state index in [-0.39, 0.29) is 0 Å². The van der Waals surface area contributed by atoms with Crippen molar-refractivity contribution in [3.8, 4) is 5.75 Å². The molecule has 0 amide bonds. The number of hydrogen-bond donors (Lipinski definition) is 1. The summed E-state index contributed by atoms with van der Waals surface area (Å²) in [7, 11) is 4.30. The molecule has 0 aromatic heterocycles. The zero-order chi connectivity index (χ0) is 13.1. The highest BCUT2D eigenvalue weighted by Gasteiger charge is 2.21. The van der Waals surface area contributed by atoms with E-state index in [2.05, 4.69) is 39.8 Å². The summed E-state index contributed by atoms with van der Waals surface area (Å²) >= 11 is 3.55. The van der Waals surface area contributed by atoms with Crippen LogP contribution in [0.1, 0.15) is 18.4 Å². The van der Waals surface area contributed by atoms with E-state index in [0.29, 0.717) is 11.8 Å². The molecule has 1 aliphatic heterocycles. The number of benzene rings is 1. The van der Waals surface area contributed by atoms with Gasteiger partial charge >= 0.3 is 0 Å². The fourth-order valence-corrected chi connectivity index (χ4v) is 2.89. The Morgan fingerprint density at radius 1 is 1.44 bits per heavy atom. The number of phenols is 1. The van der Waals surface area contributed by atoms with Gasteiger partial charge in [0.1, 0.15) is 5.75 Å². The molecule has 3 nitrogen and oxygen atoms in total. The summed E-state index contributed by atoms with van der Waals surface area (Å²) in [5.74, 6) is 0.342. The third kappa shape index (κ3) is 3.46. The lowest BCUT2D eigenvalue weighted by Crippen LogP contribution is -2.44. The Bertz CT molecular complexity index is 409. The quantitative estimate of drug-likeness (QED) is 0.929. The largest absolute Gasteiger partial charge is 0.508 e. The van der Waals surface area contributed by atoms with Crippen molar-refractivity contribution < 1.29 is 5.11 Å². The summed E-state index contributed by atoms with van der Waals surface area (Å²) < 4.78 is 1.08. The van der Waals surface area contributed by atoms with Gasteiger partial charge in [0, 0.05) is 23.6 Å². The van der Waals surface area contributed by atoms with Crippen LogP contribution in [0, 0.1) is 0 Å². The van der Waals surface area contributed by atoms with E-state index in [4.69, 9.17) is 0 Å². The molecule has 0 radical (unpaired) electrons. The number of hydrogen-bond acceptors (Lipinski definition) is 3. The van der Waals surface area contributed by atoms with Crippen molar-refractivity contribution in [2.45, 2.75) is 25.4 Å². The van der Waals surface area contributed by atoms with E-state index >= 15 is 0 Å². The van der Waals surface area contributed by atoms with Crippen molar-refractivity contribution in [1.29, 1.82) is 0 Å². The summed E-state index contributed by atoms with van der Waals surface area (Å²) in [6.45, 7) is 3.15. The molecule has 18 heavy (non-hydrogen) atoms. The molecule has 1 aliphatic rings. The molecule has 1 aromatic rings. The smallest absolute Gasteiger partial charge is 0.115 e. The van der Waals surface area contributed by atoms with E-state index in [1.165, 1.54) is 12.8 Å². The van der Waals surface area contributed by atoms with Crippen LogP contribution < -0.4 is 0 Å². The van der Waals surface area contributed by atoms with E-state index in [1.807, 2.05) is 12.1 Å². The highest BCUT2D eigenvalue weighted by molar-refractivity contribution is 9.10. The number of likely N-dealkylation sites (N-methyl/N-ethyl adjacent to an activating group) is 1. The van der Waals surface area contributed by atoms with Gasteiger partial charge in [-0.3, -0.25) is 4.90 Å². The molecule has 0 aliphatic carbocycles. The molecule has 1 atom stereocenters. The Balaban J connectivity index is 2.02. The minimum atomic E-state index is 0.342. The zero-order valence-electron chi connectivity index (χ0n) is 11.1. The van der Waals surface area contributed by atoms with Crippen LogP contribution in [0.2, 0.25) is 0 Å². The molecule has 2 rings (SSSR count). The third-order valence-corrected chi connectivity index (χ3v) is 4.41. The van der Waals surface area contributed by atoms with E-state index < -0.39 is 0 Å². The number of rotatable bonds is 3. The number of nitrogens with zero attached hydrogens (tertiary/aromatic N) is 2. The average Bonchev–Trinajstić information content (AvgIpc) is 2.34. The van der Waals surface area contributed by atoms with Crippen LogP contribution in [-0.2, 0) is 6.54 Å². The maximum Gasteiger partial charge on any atom is 0.115 e. The Morgan fingerprint density at radius 2 is 2.22 bits per heavy atom. The molecule has 1 heterocycles. The van der Waals surface area contributed by atoms with E-state index in [0.717, 1.165) is 29.7 Å². The van der Waals surface area contributed by atoms with Gasteiger partial charge in [0.15, 0.2) is 0 Å². The third-order valence-electron chi connectivity index (χ3n) is 3.63. The van der Waals surface area contributed by atoms with Crippen LogP contribution in [0.3, 0.4) is 0 Å². The average molecular weight is 313 g/mol. The molecule has 1 saturated heterocycles. The molecule has 0 spiro atoms. The molecular weight excluding hydrogens is 292 g/mol. The molecule has 1 N–H and O–H groups in total. The second kappa shape index (κ2) is 6.04. The van der Waals surface area contributed by atoms with Crippen molar-refractivity contribution in [2.75, 3.05) is 27.2 Å². The van der Waals surface area contributed by atoms with Crippen LogP contribution in [0.25, 0.3) is 0 Å². The lowest BCUT2D eigenvalue weighted by atomic mass is 10.0. The minimum absolute atomic E-state index is 0.342. The van der Waals surface area contributed by atoms with Crippen molar-refractivity contribution in [3.63, 3.8) is 0 Å². The van der Waals surface area contributed by atoms with Crippen LogP contribution in [0.5, 0.6) is 5.75 Å². The van der Waals surface area contributed by atoms with Gasteiger partial charge in [0.05, 0.1) is 0 Å². The van der Waals surface area contributed by atoms with Gasteiger partial charge in [-0.05, 0) is 57.2 Å². The maximum absolute atomic E-state index is 9.56. The van der Waals surface area contributed by atoms with E-state index in [9.17, 15) is 5.11 Å². The monoisotopic (exact) mass is 312 g/mol. The standard InChI is InChI=1S/C14H21BrN2O/c1-16(2)12-4-3-7-17(10-12)9-11-8-13(18)5-6-14(11)15/h5-6,8,12,18H,3-4,7,9-10H2,1-2H3. The van der Waals surface area contributed by atoms with Gasteiger partial charge in [-0.15, -0.1) is 0 Å². The van der Waals surface area contributed by atoms with Crippen LogP contribution in [0.15, 0.2) is 22.7 Å². The number of phenolic OH excluding ortho intramolecular Hbond substituents is 1. The molecule has 0 saturated carbocycles. The summed E-state index contributed by atoms with van der Waals surface area (Å²) in [5.41, 5.74) is 1.16. The first-order chi connectivity index (χ1) is 8.56. The first kappa shape index (κ1) is 13.8. The fraction of sp³-hybridized carbons (Fsp3) is 0.571. The van der Waals surface area contributed by atoms with Gasteiger partial charge in [0.25, 0.3) is 0 Å². The summed E-state index contributed by atoms with van der Waals surface area (Å²) in [4.78, 5) is 4.78. The van der Waals surface area contributed by atoms with Crippen molar-refractivity contribution in [3.05, 3.63) is 28.2 Å². The molecular formula is C14H21BrN2O. The molecule has 0 bridgehead atoms. The topological polar surface area (TPSA) is 26.7 Å². The number of piperidine rings is 1. The normalized spacial score (nSPS) is 21.4. The van der Waals surface area contributed by atoms with Crippen LogP contribution >= 0.6 is 15.9 Å². The zero-order valence-corrected chi connectivity index (χ0v) is 12.7. The fourth-order valence-electron chi connectivity index (χ4n) is 2.52. The van der Waals surface area contributed by atoms with E-state index in [1.54, 1.807) is 6.07 Å². The summed E-state index contributed by atoms with van der Waals surface area (Å²) in [6.07, 6.45) is 2.53. The Kier molecular flexibility index (Phi) is 4.65. The first-order valence-electron chi connectivity index (χ1n) is 6.42. The van der Waals surface area contributed by atoms with Gasteiger partial charge in [-0.25, -0.2) is 0 Å². The number of likely N-dealkylation sites (tertiary alicyclic amines) is 1. The van der Waals surface area contributed by atoms with Gasteiger partial charge in [0.2, 0.25) is 0 Å². The Labute approximate surface area is 118 Å². The summed E-state index contributed by atoms with van der Waals surface area (Å²) in [5, 5.41) is 9.56. The highest BCUT2D eigenvalue weighted by Crippen LogP contribution is 2.24. The molecule has 1 fully saturated rings. The lowest BCUT2D eigenvalue weighted by molar-refractivity contribution is 0.127. The van der Waals surface area contributed by atoms with Gasteiger partial charge in [-0.2, -0.15) is 0 Å². The van der Waals surface area contributed by atoms with Gasteiger partial charge in [-0.1, -0.05) is 15.9 Å². The predicted octanol–water partition coefficient (Wildman–Crippen LogP) is 2.68. The number of halogens is 1. The second-order valence-corrected chi connectivity index (χ2v) is 6.12. The van der Waals surface area contributed by atoms with Gasteiger partial charge < -0.3 is 10.0 Å². The SMILES string of the molecule is CN(C)C1CCCN(Cc2cc(O)ccc2Br)C1. The Morgan fingerprint density at radius 3 is 2.94 bits per heavy atom. The maximum atomic E-state index is 9.56. The Hall–Kier alpha value is -0.580. The molecule has 4 heteroatoms. The van der Waals surface area contributed by atoms with Crippen molar-refractivity contribution >= 4 is 15.9 Å². The number of aromatic hydroxyl groups is 1. The van der Waals surface area contributed by atoms with Crippen molar-refractivity contribution in [2.24, 2.45) is 0 Å². The molecule has 1 unspecified atom stereocenters. The van der Waals surface area contributed by atoms with Crippen molar-refractivity contribution in [1.82, 2.24) is 9.80 Å². The second-order valence-electron chi connectivity index (χ2n) is 5.27. The molecule has 100 valence electrons. The lowest BCUT2D eigenvalue weighted by Gasteiger charge is -2.36. The van der Waals surface area contributed by atoms with Crippen LogP contribution in [-0.4, -0.2) is 48.1 Å². The first-order valence-corrected chi connectivity index (χ1v) is 7.21.